The SMILES string of the molecule is Cc1ccc(S(=O)(=O)N[C@@H](CCC(N)=O)C(=O)[O-])cc1.O.[Na+]. The first-order valence-corrected chi connectivity index (χ1v) is 7.29. The molecule has 8 nitrogen and oxygen atoms in total. The van der Waals surface area contributed by atoms with Gasteiger partial charge in [0.05, 0.1) is 16.9 Å². The second-order valence-corrected chi connectivity index (χ2v) is 6.02. The fourth-order valence-corrected chi connectivity index (χ4v) is 2.70. The molecule has 0 aromatic heterocycles. The summed E-state index contributed by atoms with van der Waals surface area (Å²) in [6.45, 7) is 1.79. The van der Waals surface area contributed by atoms with Crippen LogP contribution >= 0.6 is 0 Å². The third-order valence-corrected chi connectivity index (χ3v) is 4.08. The summed E-state index contributed by atoms with van der Waals surface area (Å²) in [4.78, 5) is 21.5. The van der Waals surface area contributed by atoms with Gasteiger partial charge < -0.3 is 21.1 Å². The smallest absolute Gasteiger partial charge is 0.548 e. The summed E-state index contributed by atoms with van der Waals surface area (Å²) < 4.78 is 26.0. The van der Waals surface area contributed by atoms with Gasteiger partial charge in [-0.2, -0.15) is 0 Å². The zero-order valence-electron chi connectivity index (χ0n) is 12.3. The Labute approximate surface area is 150 Å². The molecule has 0 saturated carbocycles. The van der Waals surface area contributed by atoms with Gasteiger partial charge in [0.1, 0.15) is 0 Å². The molecule has 1 atom stereocenters. The van der Waals surface area contributed by atoms with Gasteiger partial charge in [0, 0.05) is 6.42 Å². The summed E-state index contributed by atoms with van der Waals surface area (Å²) in [6.07, 6.45) is -0.516. The van der Waals surface area contributed by atoms with Crippen LogP contribution in [0.25, 0.3) is 0 Å². The first kappa shape index (κ1) is 23.3. The van der Waals surface area contributed by atoms with Crippen molar-refractivity contribution in [2.45, 2.75) is 30.7 Å². The normalized spacial score (nSPS) is 11.7. The average molecular weight is 340 g/mol. The van der Waals surface area contributed by atoms with Crippen molar-refractivity contribution >= 4 is 21.9 Å². The predicted molar refractivity (Wildman–Crippen MR) is 72.3 cm³/mol. The third-order valence-electron chi connectivity index (χ3n) is 2.59. The quantitative estimate of drug-likeness (QED) is 0.474. The van der Waals surface area contributed by atoms with Crippen LogP contribution in [0, 0.1) is 6.92 Å². The van der Waals surface area contributed by atoms with E-state index in [4.69, 9.17) is 5.73 Å². The second-order valence-electron chi connectivity index (χ2n) is 4.31. The third kappa shape index (κ3) is 7.34. The van der Waals surface area contributed by atoms with Crippen molar-refractivity contribution in [3.05, 3.63) is 29.8 Å². The standard InChI is InChI=1S/C12H16N2O5S.Na.H2O/c1-8-2-4-9(5-3-8)20(18,19)14-10(12(16)17)6-7-11(13)15;;/h2-5,10,14H,6-7H2,1H3,(H2,13,15)(H,16,17);;1H2/q;+1;/p-1/t10-;;/m0../s1. The zero-order chi connectivity index (χ0) is 15.3. The first-order valence-electron chi connectivity index (χ1n) is 5.80. The number of carbonyl (C=O) groups is 2. The van der Waals surface area contributed by atoms with Crippen LogP contribution in [0.3, 0.4) is 0 Å². The molecule has 0 spiro atoms. The van der Waals surface area contributed by atoms with E-state index in [1.54, 1.807) is 19.1 Å². The van der Waals surface area contributed by atoms with Crippen LogP contribution in [0.2, 0.25) is 0 Å². The number of nitrogens with two attached hydrogens (primary N) is 1. The van der Waals surface area contributed by atoms with E-state index in [1.165, 1.54) is 12.1 Å². The number of rotatable bonds is 7. The first-order chi connectivity index (χ1) is 9.22. The number of carbonyl (C=O) groups excluding carboxylic acids is 2. The molecule has 1 aromatic rings. The number of sulfonamides is 1. The van der Waals surface area contributed by atoms with E-state index < -0.39 is 27.9 Å². The Morgan fingerprint density at radius 1 is 1.27 bits per heavy atom. The van der Waals surface area contributed by atoms with Gasteiger partial charge in [0.15, 0.2) is 0 Å². The monoisotopic (exact) mass is 340 g/mol. The van der Waals surface area contributed by atoms with Crippen molar-refractivity contribution in [2.24, 2.45) is 5.73 Å². The Balaban J connectivity index is 0. The van der Waals surface area contributed by atoms with E-state index in [9.17, 15) is 23.1 Å². The molecular weight excluding hydrogens is 323 g/mol. The summed E-state index contributed by atoms with van der Waals surface area (Å²) in [7, 11) is -3.99. The topological polar surface area (TPSA) is 161 Å². The van der Waals surface area contributed by atoms with Crippen LogP contribution in [0.1, 0.15) is 18.4 Å². The second kappa shape index (κ2) is 9.93. The van der Waals surface area contributed by atoms with Crippen LogP contribution in [-0.4, -0.2) is 31.8 Å². The molecule has 10 heteroatoms. The Morgan fingerprint density at radius 3 is 2.18 bits per heavy atom. The van der Waals surface area contributed by atoms with Gasteiger partial charge in [-0.15, -0.1) is 0 Å². The molecule has 0 radical (unpaired) electrons. The number of primary amides is 1. The fourth-order valence-electron chi connectivity index (χ4n) is 1.48. The van der Waals surface area contributed by atoms with E-state index in [-0.39, 0.29) is 52.8 Å². The number of aryl methyl sites for hydroxylation is 1. The van der Waals surface area contributed by atoms with Crippen LogP contribution in [0.5, 0.6) is 0 Å². The summed E-state index contributed by atoms with van der Waals surface area (Å²) >= 11 is 0. The van der Waals surface area contributed by atoms with Crippen LogP contribution in [0.4, 0.5) is 0 Å². The Morgan fingerprint density at radius 2 is 1.77 bits per heavy atom. The van der Waals surface area contributed by atoms with E-state index in [0.717, 1.165) is 5.56 Å². The van der Waals surface area contributed by atoms with Crippen molar-refractivity contribution in [1.82, 2.24) is 4.72 Å². The summed E-state index contributed by atoms with van der Waals surface area (Å²) in [5, 5.41) is 10.9. The molecule has 0 aliphatic carbocycles. The minimum Gasteiger partial charge on any atom is -0.548 e. The molecule has 0 fully saturated rings. The molecule has 1 rings (SSSR count). The number of nitrogens with one attached hydrogen (secondary N) is 1. The van der Waals surface area contributed by atoms with E-state index in [1.807, 2.05) is 4.72 Å². The molecule has 5 N–H and O–H groups in total. The van der Waals surface area contributed by atoms with E-state index >= 15 is 0 Å². The zero-order valence-corrected chi connectivity index (χ0v) is 15.1. The number of benzene rings is 1. The van der Waals surface area contributed by atoms with Gasteiger partial charge in [-0.3, -0.25) is 4.79 Å². The molecule has 1 aromatic carbocycles. The molecule has 0 aliphatic rings. The molecule has 0 bridgehead atoms. The van der Waals surface area contributed by atoms with Gasteiger partial charge in [-0.1, -0.05) is 17.7 Å². The van der Waals surface area contributed by atoms with Crippen LogP contribution in [-0.2, 0) is 19.6 Å². The number of hydrogen-bond donors (Lipinski definition) is 2. The largest absolute Gasteiger partial charge is 1.00 e. The van der Waals surface area contributed by atoms with Gasteiger partial charge in [-0.25, -0.2) is 13.1 Å². The molecule has 0 unspecified atom stereocenters. The van der Waals surface area contributed by atoms with E-state index in [0.29, 0.717) is 0 Å². The fraction of sp³-hybridized carbons (Fsp3) is 0.333. The molecule has 0 saturated heterocycles. The predicted octanol–water partition coefficient (Wildman–Crippen LogP) is -5.16. The van der Waals surface area contributed by atoms with Gasteiger partial charge in [0.25, 0.3) is 0 Å². The van der Waals surface area contributed by atoms with Crippen LogP contribution in [0.15, 0.2) is 29.2 Å². The maximum absolute atomic E-state index is 12.0. The molecule has 22 heavy (non-hydrogen) atoms. The summed E-state index contributed by atoms with van der Waals surface area (Å²) in [5.41, 5.74) is 5.77. The van der Waals surface area contributed by atoms with Crippen LogP contribution < -0.4 is 45.1 Å². The van der Waals surface area contributed by atoms with Crippen molar-refractivity contribution in [1.29, 1.82) is 0 Å². The molecule has 1 amide bonds. The van der Waals surface area contributed by atoms with Crippen molar-refractivity contribution in [3.63, 3.8) is 0 Å². The van der Waals surface area contributed by atoms with Gasteiger partial charge >= 0.3 is 29.6 Å². The number of carboxylic acids is 1. The summed E-state index contributed by atoms with van der Waals surface area (Å²) in [5.74, 6) is -2.33. The van der Waals surface area contributed by atoms with Crippen molar-refractivity contribution in [3.8, 4) is 0 Å². The number of hydrogen-bond acceptors (Lipinski definition) is 5. The Bertz CT molecular complexity index is 603. The number of aliphatic carboxylic acids is 1. The molecular formula is C12H17N2NaO6S. The Kier molecular flexibility index (Phi) is 10.5. The maximum Gasteiger partial charge on any atom is 1.00 e. The number of amides is 1. The Hall–Kier alpha value is -0.970. The van der Waals surface area contributed by atoms with E-state index in [2.05, 4.69) is 0 Å². The maximum atomic E-state index is 12.0. The van der Waals surface area contributed by atoms with Gasteiger partial charge in [0.2, 0.25) is 15.9 Å². The van der Waals surface area contributed by atoms with Crippen molar-refractivity contribution in [2.75, 3.05) is 0 Å². The average Bonchev–Trinajstić information content (AvgIpc) is 2.34. The molecule has 118 valence electrons. The minimum absolute atomic E-state index is 0. The summed E-state index contributed by atoms with van der Waals surface area (Å²) in [6, 6.07) is 4.39. The molecule has 0 aliphatic heterocycles. The van der Waals surface area contributed by atoms with Crippen molar-refractivity contribution < 1.29 is 58.1 Å². The number of carboxylic acid groups (broad SMARTS) is 1. The minimum atomic E-state index is -3.99. The molecule has 0 heterocycles. The van der Waals surface area contributed by atoms with Gasteiger partial charge in [-0.05, 0) is 25.5 Å².